The molecule has 1 atom stereocenters. The molecule has 1 N–H and O–H groups in total. The van der Waals surface area contributed by atoms with Gasteiger partial charge < -0.3 is 15.0 Å². The lowest BCUT2D eigenvalue weighted by molar-refractivity contribution is -0.117. The zero-order valence-corrected chi connectivity index (χ0v) is 15.0. The lowest BCUT2D eigenvalue weighted by Crippen LogP contribution is -2.37. The number of benzene rings is 3. The van der Waals surface area contributed by atoms with Crippen molar-refractivity contribution >= 4 is 28.3 Å². The molecule has 3 aromatic carbocycles. The Labute approximate surface area is 157 Å². The van der Waals surface area contributed by atoms with Crippen LogP contribution in [0.25, 0.3) is 10.8 Å². The SMILES string of the molecule is COc1ccc(N2C[C@H](NC(=O)c3ccc4ccccc4c3)CC2=O)cc1. The van der Waals surface area contributed by atoms with Gasteiger partial charge in [-0.25, -0.2) is 0 Å². The first-order chi connectivity index (χ1) is 13.1. The van der Waals surface area contributed by atoms with Crippen LogP contribution in [0.2, 0.25) is 0 Å². The summed E-state index contributed by atoms with van der Waals surface area (Å²) in [5.74, 6) is 0.589. The Hall–Kier alpha value is -3.34. The second-order valence-electron chi connectivity index (χ2n) is 6.64. The highest BCUT2D eigenvalue weighted by Gasteiger charge is 2.31. The molecule has 0 aliphatic carbocycles. The van der Waals surface area contributed by atoms with Gasteiger partial charge in [0.2, 0.25) is 5.91 Å². The van der Waals surface area contributed by atoms with E-state index < -0.39 is 0 Å². The number of rotatable bonds is 4. The first-order valence-electron chi connectivity index (χ1n) is 8.88. The van der Waals surface area contributed by atoms with Crippen LogP contribution < -0.4 is 15.0 Å². The van der Waals surface area contributed by atoms with Gasteiger partial charge in [-0.15, -0.1) is 0 Å². The minimum Gasteiger partial charge on any atom is -0.497 e. The minimum absolute atomic E-state index is 0.00368. The van der Waals surface area contributed by atoms with E-state index in [1.807, 2.05) is 66.7 Å². The highest BCUT2D eigenvalue weighted by atomic mass is 16.5. The van der Waals surface area contributed by atoms with Crippen molar-refractivity contribution in [2.45, 2.75) is 12.5 Å². The Morgan fingerprint density at radius 2 is 1.78 bits per heavy atom. The van der Waals surface area contributed by atoms with Gasteiger partial charge in [0.05, 0.1) is 13.2 Å². The summed E-state index contributed by atoms with van der Waals surface area (Å²) in [5.41, 5.74) is 1.41. The van der Waals surface area contributed by atoms with Crippen molar-refractivity contribution in [2.24, 2.45) is 0 Å². The second-order valence-corrected chi connectivity index (χ2v) is 6.64. The zero-order chi connectivity index (χ0) is 18.8. The highest BCUT2D eigenvalue weighted by Crippen LogP contribution is 2.24. The molecule has 3 aromatic rings. The highest BCUT2D eigenvalue weighted by molar-refractivity contribution is 6.00. The lowest BCUT2D eigenvalue weighted by atomic mass is 10.1. The predicted molar refractivity (Wildman–Crippen MR) is 105 cm³/mol. The fourth-order valence-corrected chi connectivity index (χ4v) is 3.42. The number of hydrogen-bond acceptors (Lipinski definition) is 3. The number of hydrogen-bond donors (Lipinski definition) is 1. The van der Waals surface area contributed by atoms with E-state index in [2.05, 4.69) is 5.32 Å². The minimum atomic E-state index is -0.210. The molecule has 0 unspecified atom stereocenters. The molecule has 4 rings (SSSR count). The number of carbonyl (C=O) groups is 2. The second kappa shape index (κ2) is 7.11. The van der Waals surface area contributed by atoms with Crippen LogP contribution in [-0.2, 0) is 4.79 Å². The third kappa shape index (κ3) is 3.49. The monoisotopic (exact) mass is 360 g/mol. The van der Waals surface area contributed by atoms with Crippen molar-refractivity contribution in [1.29, 1.82) is 0 Å². The van der Waals surface area contributed by atoms with E-state index in [4.69, 9.17) is 4.74 Å². The number of nitrogens with zero attached hydrogens (tertiary/aromatic N) is 1. The lowest BCUT2D eigenvalue weighted by Gasteiger charge is -2.17. The molecule has 1 aliphatic rings. The van der Waals surface area contributed by atoms with Gasteiger partial charge in [-0.1, -0.05) is 30.3 Å². The van der Waals surface area contributed by atoms with Gasteiger partial charge in [-0.05, 0) is 47.2 Å². The van der Waals surface area contributed by atoms with Crippen molar-refractivity contribution in [3.63, 3.8) is 0 Å². The molecule has 0 aromatic heterocycles. The van der Waals surface area contributed by atoms with E-state index in [1.165, 1.54) is 0 Å². The van der Waals surface area contributed by atoms with Crippen LogP contribution in [0.1, 0.15) is 16.8 Å². The largest absolute Gasteiger partial charge is 0.497 e. The summed E-state index contributed by atoms with van der Waals surface area (Å²) < 4.78 is 5.15. The van der Waals surface area contributed by atoms with Crippen LogP contribution in [-0.4, -0.2) is 31.5 Å². The molecule has 5 nitrogen and oxygen atoms in total. The maximum Gasteiger partial charge on any atom is 0.251 e. The normalized spacial score (nSPS) is 16.6. The van der Waals surface area contributed by atoms with Gasteiger partial charge in [0.25, 0.3) is 5.91 Å². The molecule has 1 fully saturated rings. The summed E-state index contributed by atoms with van der Waals surface area (Å²) >= 11 is 0. The Balaban J connectivity index is 1.46. The first kappa shape index (κ1) is 17.1. The number of methoxy groups -OCH3 is 1. The van der Waals surface area contributed by atoms with E-state index in [9.17, 15) is 9.59 Å². The number of fused-ring (bicyclic) bond motifs is 1. The zero-order valence-electron chi connectivity index (χ0n) is 15.0. The van der Waals surface area contributed by atoms with Gasteiger partial charge in [0.15, 0.2) is 0 Å². The number of nitrogens with one attached hydrogen (secondary N) is 1. The predicted octanol–water partition coefficient (Wildman–Crippen LogP) is 3.38. The van der Waals surface area contributed by atoms with Crippen molar-refractivity contribution in [1.82, 2.24) is 5.32 Å². The van der Waals surface area contributed by atoms with Gasteiger partial charge >= 0.3 is 0 Å². The van der Waals surface area contributed by atoms with Gasteiger partial charge in [-0.3, -0.25) is 9.59 Å². The van der Waals surface area contributed by atoms with Crippen molar-refractivity contribution in [2.75, 3.05) is 18.6 Å². The summed E-state index contributed by atoms with van der Waals surface area (Å²) in [5, 5.41) is 5.10. The molecule has 1 heterocycles. The molecule has 2 amide bonds. The van der Waals surface area contributed by atoms with Crippen LogP contribution >= 0.6 is 0 Å². The average molecular weight is 360 g/mol. The molecule has 27 heavy (non-hydrogen) atoms. The van der Waals surface area contributed by atoms with Crippen LogP contribution in [0.5, 0.6) is 5.75 Å². The molecular weight excluding hydrogens is 340 g/mol. The van der Waals surface area contributed by atoms with E-state index in [1.54, 1.807) is 12.0 Å². The van der Waals surface area contributed by atoms with E-state index >= 15 is 0 Å². The number of ether oxygens (including phenoxy) is 1. The molecule has 1 aliphatic heterocycles. The quantitative estimate of drug-likeness (QED) is 0.776. The standard InChI is InChI=1S/C22H20N2O3/c1-27-20-10-8-19(9-11-20)24-14-18(13-21(24)25)23-22(26)17-7-6-15-4-2-3-5-16(15)12-17/h2-12,18H,13-14H2,1H3,(H,23,26)/t18-/m1/s1. The average Bonchev–Trinajstić information content (AvgIpc) is 3.07. The topological polar surface area (TPSA) is 58.6 Å². The van der Waals surface area contributed by atoms with E-state index in [0.717, 1.165) is 22.2 Å². The Bertz CT molecular complexity index is 998. The summed E-state index contributed by atoms with van der Waals surface area (Å²) in [7, 11) is 1.61. The van der Waals surface area contributed by atoms with Crippen molar-refractivity contribution in [3.8, 4) is 5.75 Å². The first-order valence-corrected chi connectivity index (χ1v) is 8.88. The fourth-order valence-electron chi connectivity index (χ4n) is 3.42. The summed E-state index contributed by atoms with van der Waals surface area (Å²) in [4.78, 5) is 26.7. The number of anilines is 1. The smallest absolute Gasteiger partial charge is 0.251 e. The summed E-state index contributed by atoms with van der Waals surface area (Å²) in [6, 6.07) is 20.7. The number of amides is 2. The molecular formula is C22H20N2O3. The molecule has 0 spiro atoms. The van der Waals surface area contributed by atoms with Crippen LogP contribution in [0.4, 0.5) is 5.69 Å². The Kier molecular flexibility index (Phi) is 4.50. The summed E-state index contributed by atoms with van der Waals surface area (Å²) in [6.45, 7) is 0.463. The third-order valence-corrected chi connectivity index (χ3v) is 4.86. The molecule has 0 radical (unpaired) electrons. The molecule has 0 saturated carbocycles. The molecule has 0 bridgehead atoms. The number of carbonyl (C=O) groups excluding carboxylic acids is 2. The fraction of sp³-hybridized carbons (Fsp3) is 0.182. The molecule has 1 saturated heterocycles. The molecule has 136 valence electrons. The van der Waals surface area contributed by atoms with Crippen LogP contribution in [0.15, 0.2) is 66.7 Å². The maximum absolute atomic E-state index is 12.6. The van der Waals surface area contributed by atoms with Crippen LogP contribution in [0.3, 0.4) is 0 Å². The van der Waals surface area contributed by atoms with Gasteiger partial charge in [0.1, 0.15) is 5.75 Å². The van der Waals surface area contributed by atoms with Gasteiger partial charge in [-0.2, -0.15) is 0 Å². The maximum atomic E-state index is 12.6. The molecule has 5 heteroatoms. The third-order valence-electron chi connectivity index (χ3n) is 4.86. The van der Waals surface area contributed by atoms with Crippen LogP contribution in [0, 0.1) is 0 Å². The van der Waals surface area contributed by atoms with Crippen molar-refractivity contribution < 1.29 is 14.3 Å². The van der Waals surface area contributed by atoms with E-state index in [0.29, 0.717) is 18.5 Å². The summed E-state index contributed by atoms with van der Waals surface area (Å²) in [6.07, 6.45) is 0.297. The van der Waals surface area contributed by atoms with Crippen molar-refractivity contribution in [3.05, 3.63) is 72.3 Å². The van der Waals surface area contributed by atoms with E-state index in [-0.39, 0.29) is 17.9 Å². The Morgan fingerprint density at radius 1 is 1.04 bits per heavy atom. The van der Waals surface area contributed by atoms with Gasteiger partial charge in [0, 0.05) is 24.2 Å². The Morgan fingerprint density at radius 3 is 2.52 bits per heavy atom.